The van der Waals surface area contributed by atoms with Crippen LogP contribution in [0.2, 0.25) is 0 Å². The summed E-state index contributed by atoms with van der Waals surface area (Å²) < 4.78 is 10.6. The highest BCUT2D eigenvalue weighted by molar-refractivity contribution is 5.85. The Balaban J connectivity index is 0.000000174. The predicted octanol–water partition coefficient (Wildman–Crippen LogP) is 12.7. The first-order chi connectivity index (χ1) is 34.9. The van der Waals surface area contributed by atoms with Gasteiger partial charge in [0, 0.05) is 70.5 Å². The summed E-state index contributed by atoms with van der Waals surface area (Å²) in [6.07, 6.45) is 33.9. The van der Waals surface area contributed by atoms with Crippen molar-refractivity contribution in [1.82, 2.24) is 30.2 Å². The third-order valence-electron chi connectivity index (χ3n) is 16.0. The average Bonchev–Trinajstić information content (AvgIpc) is 4.34. The van der Waals surface area contributed by atoms with Crippen molar-refractivity contribution < 1.29 is 19.1 Å². The summed E-state index contributed by atoms with van der Waals surface area (Å²) in [6, 6.07) is 16.8. The molecule has 11 heteroatoms. The van der Waals surface area contributed by atoms with Gasteiger partial charge in [-0.2, -0.15) is 0 Å². The fourth-order valence-corrected chi connectivity index (χ4v) is 11.6. The van der Waals surface area contributed by atoms with E-state index in [1.807, 2.05) is 45.2 Å². The standard InChI is InChI=1S/C30H41N3O2.C18H28N2.C13H17NO2.ClH/c1-2-35-30(34)29(26-12-8-19-31-28(26)24-14-15-24)33-20-18-22(21-33)9-4-3-5-11-25-17-16-23-10-6-7-13-27(23)32-25;1(2-6-15-12-13-19-14-15)3-8-17-11-10-16-7-4-5-9-18(16)20-17;1-3-16-13(15)9(2)11-5-4-8-14-12(11)10-6-7-10;/h8,12,16-17,19,22,24,29H,2-7,9-11,13-15,18,20-21H2,1H3;10-11,15,19H,1-9,12-14H2;4-5,8-10H,3,6-7H2,1-2H3;1H/t22-,29?;15-;;/m11../s1. The van der Waals surface area contributed by atoms with Crippen molar-refractivity contribution in [2.45, 2.75) is 199 Å². The topological polar surface area (TPSA) is 119 Å². The van der Waals surface area contributed by atoms with Gasteiger partial charge in [0.15, 0.2) is 0 Å². The number of carbonyl (C=O) groups is 2. The molecule has 1 N–H and O–H groups in total. The van der Waals surface area contributed by atoms with E-state index in [4.69, 9.17) is 19.4 Å². The molecule has 392 valence electrons. The Labute approximate surface area is 438 Å². The largest absolute Gasteiger partial charge is 0.466 e. The molecular weight excluding hydrogens is 916 g/mol. The van der Waals surface area contributed by atoms with Crippen molar-refractivity contribution >= 4 is 24.3 Å². The van der Waals surface area contributed by atoms with E-state index in [1.165, 1.54) is 188 Å². The fourth-order valence-electron chi connectivity index (χ4n) is 11.6. The van der Waals surface area contributed by atoms with Crippen LogP contribution >= 0.6 is 12.4 Å². The molecule has 4 atom stereocenters. The lowest BCUT2D eigenvalue weighted by Gasteiger charge is -2.28. The Bertz CT molecular complexity index is 2290. The Morgan fingerprint density at radius 1 is 0.639 bits per heavy atom. The molecular formula is C61H87ClN6O4. The van der Waals surface area contributed by atoms with E-state index in [0.29, 0.717) is 31.0 Å². The molecule has 6 heterocycles. The van der Waals surface area contributed by atoms with Crippen LogP contribution < -0.4 is 5.32 Å². The number of hydrogen-bond acceptors (Lipinski definition) is 10. The minimum Gasteiger partial charge on any atom is -0.466 e. The van der Waals surface area contributed by atoms with Crippen LogP contribution in [0.15, 0.2) is 60.9 Å². The van der Waals surface area contributed by atoms with Crippen LogP contribution in [0.25, 0.3) is 0 Å². The number of aromatic nitrogens is 4. The first-order valence-corrected chi connectivity index (χ1v) is 28.5. The van der Waals surface area contributed by atoms with E-state index >= 15 is 0 Å². The summed E-state index contributed by atoms with van der Waals surface area (Å²) in [5.41, 5.74) is 12.6. The lowest BCUT2D eigenvalue weighted by atomic mass is 9.95. The van der Waals surface area contributed by atoms with Gasteiger partial charge >= 0.3 is 11.9 Å². The number of nitrogens with zero attached hydrogens (tertiary/aromatic N) is 5. The van der Waals surface area contributed by atoms with Gasteiger partial charge in [0.05, 0.1) is 19.1 Å². The number of rotatable bonds is 21. The number of pyridine rings is 4. The van der Waals surface area contributed by atoms with E-state index < -0.39 is 0 Å². The van der Waals surface area contributed by atoms with E-state index in [9.17, 15) is 9.59 Å². The number of carbonyl (C=O) groups excluding carboxylic acids is 2. The van der Waals surface area contributed by atoms with E-state index in [0.717, 1.165) is 54.4 Å². The highest BCUT2D eigenvalue weighted by atomic mass is 35.5. The zero-order chi connectivity index (χ0) is 49.2. The van der Waals surface area contributed by atoms with Gasteiger partial charge < -0.3 is 14.8 Å². The summed E-state index contributed by atoms with van der Waals surface area (Å²) in [7, 11) is 0. The molecule has 0 bridgehead atoms. The van der Waals surface area contributed by atoms with Gasteiger partial charge in [-0.3, -0.25) is 29.6 Å². The summed E-state index contributed by atoms with van der Waals surface area (Å²) in [5.74, 6) is 2.23. The highest BCUT2D eigenvalue weighted by Gasteiger charge is 2.39. The molecule has 2 unspecified atom stereocenters. The Hall–Kier alpha value is -4.25. The number of fused-ring (bicyclic) bond motifs is 2. The van der Waals surface area contributed by atoms with Gasteiger partial charge in [-0.1, -0.05) is 49.9 Å². The minimum absolute atomic E-state index is 0. The molecule has 2 aliphatic heterocycles. The van der Waals surface area contributed by atoms with Crippen molar-refractivity contribution in [1.29, 1.82) is 0 Å². The molecule has 10 rings (SSSR count). The lowest BCUT2D eigenvalue weighted by Crippen LogP contribution is -2.34. The quantitative estimate of drug-likeness (QED) is 0.0638. The highest BCUT2D eigenvalue weighted by Crippen LogP contribution is 2.44. The summed E-state index contributed by atoms with van der Waals surface area (Å²) >= 11 is 0. The van der Waals surface area contributed by atoms with E-state index in [2.05, 4.69) is 50.5 Å². The normalized spacial score (nSPS) is 20.0. The number of likely N-dealkylation sites (tertiary alicyclic amines) is 1. The number of halogens is 1. The lowest BCUT2D eigenvalue weighted by molar-refractivity contribution is -0.149. The first-order valence-electron chi connectivity index (χ1n) is 28.5. The number of unbranched alkanes of at least 4 members (excludes halogenated alkanes) is 4. The predicted molar refractivity (Wildman–Crippen MR) is 291 cm³/mol. The van der Waals surface area contributed by atoms with Crippen molar-refractivity contribution in [3.05, 3.63) is 117 Å². The molecule has 0 aromatic carbocycles. The van der Waals surface area contributed by atoms with Crippen molar-refractivity contribution in [3.8, 4) is 0 Å². The SMILES string of the molecule is CCOC(=O)C(C)c1cccnc1C1CC1.CCOC(=O)C(c1cccnc1C1CC1)N1CC[C@@H](CCCCCc2ccc3c(n2)CCCC3)C1.Cl.c1cc2c(nc1CCCCC[C@@H]1CCNC1)CCCC2. The van der Waals surface area contributed by atoms with E-state index in [-0.39, 0.29) is 36.3 Å². The zero-order valence-electron chi connectivity index (χ0n) is 44.2. The van der Waals surface area contributed by atoms with Crippen LogP contribution in [-0.4, -0.2) is 76.2 Å². The van der Waals surface area contributed by atoms with Crippen molar-refractivity contribution in [3.63, 3.8) is 0 Å². The number of ether oxygens (including phenoxy) is 2. The van der Waals surface area contributed by atoms with Gasteiger partial charge in [0.2, 0.25) is 0 Å². The summed E-state index contributed by atoms with van der Waals surface area (Å²) in [4.78, 5) is 46.0. The van der Waals surface area contributed by atoms with Gasteiger partial charge in [-0.25, -0.2) is 4.79 Å². The molecule has 0 spiro atoms. The number of nitrogens with one attached hydrogen (secondary N) is 1. The Kier molecular flexibility index (Phi) is 22.4. The number of aryl methyl sites for hydroxylation is 6. The molecule has 6 aliphatic rings. The van der Waals surface area contributed by atoms with Gasteiger partial charge in [-0.15, -0.1) is 12.4 Å². The maximum Gasteiger partial charge on any atom is 0.328 e. The summed E-state index contributed by atoms with van der Waals surface area (Å²) in [6.45, 7) is 10.9. The maximum atomic E-state index is 13.1. The first kappa shape index (κ1) is 55.5. The van der Waals surface area contributed by atoms with Crippen LogP contribution in [0.3, 0.4) is 0 Å². The number of hydrogen-bond donors (Lipinski definition) is 1. The minimum atomic E-state index is -0.306. The van der Waals surface area contributed by atoms with Crippen LogP contribution in [0, 0.1) is 11.8 Å². The second kappa shape index (κ2) is 29.0. The molecule has 72 heavy (non-hydrogen) atoms. The Morgan fingerprint density at radius 3 is 1.74 bits per heavy atom. The van der Waals surface area contributed by atoms with Crippen molar-refractivity contribution in [2.24, 2.45) is 11.8 Å². The molecule has 4 aromatic heterocycles. The second-order valence-corrected chi connectivity index (χ2v) is 21.6. The smallest absolute Gasteiger partial charge is 0.328 e. The van der Waals surface area contributed by atoms with Gasteiger partial charge in [0.25, 0.3) is 0 Å². The van der Waals surface area contributed by atoms with Crippen LogP contribution in [0.4, 0.5) is 0 Å². The fraction of sp³-hybridized carbons (Fsp3) is 0.639. The molecule has 10 nitrogen and oxygen atoms in total. The monoisotopic (exact) mass is 1000 g/mol. The van der Waals surface area contributed by atoms with Gasteiger partial charge in [0.1, 0.15) is 6.04 Å². The third kappa shape index (κ3) is 16.4. The third-order valence-corrected chi connectivity index (χ3v) is 16.0. The van der Waals surface area contributed by atoms with E-state index in [1.54, 1.807) is 6.20 Å². The second-order valence-electron chi connectivity index (χ2n) is 21.6. The molecule has 2 saturated carbocycles. The van der Waals surface area contributed by atoms with Crippen molar-refractivity contribution in [2.75, 3.05) is 39.4 Å². The average molecular weight is 1000 g/mol. The molecule has 4 fully saturated rings. The summed E-state index contributed by atoms with van der Waals surface area (Å²) in [5, 5.41) is 3.46. The zero-order valence-corrected chi connectivity index (χ0v) is 45.0. The Morgan fingerprint density at radius 2 is 1.18 bits per heavy atom. The van der Waals surface area contributed by atoms with Gasteiger partial charge in [-0.05, 0) is 222 Å². The maximum absolute atomic E-state index is 13.1. The number of esters is 2. The van der Waals surface area contributed by atoms with Crippen LogP contribution in [-0.2, 0) is 57.6 Å². The molecule has 0 radical (unpaired) electrons. The van der Waals surface area contributed by atoms with Crippen LogP contribution in [0.5, 0.6) is 0 Å². The molecule has 0 amide bonds. The van der Waals surface area contributed by atoms with Crippen LogP contribution in [0.1, 0.15) is 217 Å². The molecule has 4 aromatic rings. The molecule has 4 aliphatic carbocycles. The molecule has 2 saturated heterocycles.